The molecule has 39 heavy (non-hydrogen) atoms. The minimum atomic E-state index is -1.58. The minimum Gasteiger partial charge on any atom is -0.480 e. The van der Waals surface area contributed by atoms with Gasteiger partial charge in [-0.1, -0.05) is 15.9 Å². The van der Waals surface area contributed by atoms with Crippen LogP contribution in [0.15, 0.2) is 0 Å². The first-order chi connectivity index (χ1) is 18.3. The lowest BCUT2D eigenvalue weighted by atomic mass is 10.1. The van der Waals surface area contributed by atoms with Gasteiger partial charge in [0.15, 0.2) is 6.23 Å². The second-order valence-corrected chi connectivity index (χ2v) is 9.52. The number of rotatable bonds is 20. The Morgan fingerprint density at radius 3 is 2.13 bits per heavy atom. The Morgan fingerprint density at radius 1 is 0.923 bits per heavy atom. The molecule has 1 aliphatic rings. The van der Waals surface area contributed by atoms with Crippen LogP contribution < -0.4 is 5.32 Å². The number of carboxylic acids is 4. The van der Waals surface area contributed by atoms with E-state index in [0.717, 1.165) is 0 Å². The fraction of sp³-hybridized carbons (Fsp3) is 0.727. The van der Waals surface area contributed by atoms with Gasteiger partial charge in [-0.3, -0.25) is 38.7 Å². The van der Waals surface area contributed by atoms with Crippen molar-refractivity contribution < 1.29 is 59.0 Å². The van der Waals surface area contributed by atoms with Crippen LogP contribution in [0.25, 0.3) is 0 Å². The number of alkyl halides is 1. The summed E-state index contributed by atoms with van der Waals surface area (Å²) < 4.78 is 4.77. The second kappa shape index (κ2) is 17.5. The van der Waals surface area contributed by atoms with Crippen LogP contribution in [0.5, 0.6) is 0 Å². The van der Waals surface area contributed by atoms with Crippen molar-refractivity contribution in [3.05, 3.63) is 0 Å². The van der Waals surface area contributed by atoms with Crippen LogP contribution in [0.2, 0.25) is 0 Å². The maximum atomic E-state index is 12.0. The number of carbonyl (C=O) groups is 6. The van der Waals surface area contributed by atoms with Crippen molar-refractivity contribution in [2.24, 2.45) is 0 Å². The number of likely N-dealkylation sites (tertiary alicyclic amines) is 1. The van der Waals surface area contributed by atoms with E-state index in [0.29, 0.717) is 25.8 Å². The van der Waals surface area contributed by atoms with Gasteiger partial charge >= 0.3 is 30.0 Å². The normalized spacial score (nSPS) is 18.1. The number of nitrogens with zero attached hydrogens (tertiary/aromatic N) is 3. The Hall–Kier alpha value is -3.02. The van der Waals surface area contributed by atoms with E-state index < -0.39 is 68.0 Å². The summed E-state index contributed by atoms with van der Waals surface area (Å²) in [6.07, 6.45) is -1.13. The van der Waals surface area contributed by atoms with Gasteiger partial charge in [-0.2, -0.15) is 0 Å². The molecule has 0 aliphatic carbocycles. The Kier molecular flexibility index (Phi) is 15.3. The van der Waals surface area contributed by atoms with Crippen LogP contribution in [-0.2, 0) is 28.7 Å². The van der Waals surface area contributed by atoms with E-state index in [9.17, 15) is 49.2 Å². The van der Waals surface area contributed by atoms with Crippen LogP contribution in [0.4, 0.5) is 4.79 Å². The van der Waals surface area contributed by atoms with Crippen molar-refractivity contribution in [1.82, 2.24) is 20.0 Å². The van der Waals surface area contributed by atoms with Crippen molar-refractivity contribution in [3.8, 4) is 0 Å². The number of hydrogen-bond acceptors (Lipinski definition) is 10. The monoisotopic (exact) mass is 626 g/mol. The zero-order valence-electron chi connectivity index (χ0n) is 21.2. The molecule has 6 N–H and O–H groups in total. The highest BCUT2D eigenvalue weighted by atomic mass is 79.9. The number of unbranched alkanes of at least 4 members (excludes halogenated alkanes) is 1. The molecule has 0 unspecified atom stereocenters. The number of amides is 1. The van der Waals surface area contributed by atoms with Crippen molar-refractivity contribution in [3.63, 3.8) is 0 Å². The predicted molar refractivity (Wildman–Crippen MR) is 136 cm³/mol. The lowest BCUT2D eigenvalue weighted by molar-refractivity contribution is -0.147. The molecule has 1 amide bonds. The van der Waals surface area contributed by atoms with Gasteiger partial charge in [0, 0.05) is 38.6 Å². The highest BCUT2D eigenvalue weighted by molar-refractivity contribution is 9.09. The number of carbonyl (C=O) groups excluding carboxylic acids is 1. The van der Waals surface area contributed by atoms with Crippen LogP contribution in [0.3, 0.4) is 0 Å². The van der Waals surface area contributed by atoms with Gasteiger partial charge in [0.25, 0.3) is 0 Å². The summed E-state index contributed by atoms with van der Waals surface area (Å²) in [6, 6.07) is -1.74. The minimum absolute atomic E-state index is 0.00494. The summed E-state index contributed by atoms with van der Waals surface area (Å²) in [7, 11) is 0. The van der Waals surface area contributed by atoms with Crippen molar-refractivity contribution in [1.29, 1.82) is 0 Å². The average Bonchev–Trinajstić information content (AvgIpc) is 3.17. The Balaban J connectivity index is 2.93. The molecule has 0 bridgehead atoms. The van der Waals surface area contributed by atoms with Gasteiger partial charge in [0.05, 0.1) is 25.0 Å². The van der Waals surface area contributed by atoms with E-state index in [1.165, 1.54) is 14.7 Å². The molecule has 0 aromatic rings. The van der Waals surface area contributed by atoms with E-state index in [2.05, 4.69) is 21.2 Å². The standard InChI is InChI=1S/C22H35BrN4O12/c23-9-16(28)24-6-2-1-3-15(21(35)36)26(12-19(31)32)8-7-25(11-18(29)30)10-14-4-5-17(39-22(37)38)27(14)13-20(33)34/h14-15,17H,1-13H2,(H,24,28)(H,29,30)(H,31,32)(H,33,34)(H,35,36)(H,37,38)/t14-,15+,17+/m0/s1. The molecular formula is C22H35BrN4O12. The quantitative estimate of drug-likeness (QED) is 0.0565. The van der Waals surface area contributed by atoms with E-state index in [1.54, 1.807) is 0 Å². The van der Waals surface area contributed by atoms with Crippen LogP contribution >= 0.6 is 15.9 Å². The third-order valence-electron chi connectivity index (χ3n) is 6.08. The number of hydrogen-bond donors (Lipinski definition) is 6. The number of carboxylic acid groups (broad SMARTS) is 5. The van der Waals surface area contributed by atoms with E-state index in [4.69, 9.17) is 9.84 Å². The lowest BCUT2D eigenvalue weighted by Gasteiger charge is -2.33. The molecule has 1 saturated heterocycles. The third kappa shape index (κ3) is 13.6. The maximum absolute atomic E-state index is 12.0. The second-order valence-electron chi connectivity index (χ2n) is 8.96. The van der Waals surface area contributed by atoms with Gasteiger partial charge in [0.1, 0.15) is 6.04 Å². The SMILES string of the molecule is O=C(O)CN(CCN(CC(=O)O)[C@H](CCCCNC(=O)CBr)C(=O)O)C[C@@H]1CC[C@@H](OC(=O)O)N1CC(=O)O. The smallest absolute Gasteiger partial charge is 0.480 e. The molecule has 1 heterocycles. The third-order valence-corrected chi connectivity index (χ3v) is 6.59. The summed E-state index contributed by atoms with van der Waals surface area (Å²) in [5.74, 6) is -5.17. The number of aliphatic carboxylic acids is 4. The molecule has 1 aliphatic heterocycles. The van der Waals surface area contributed by atoms with Crippen molar-refractivity contribution in [2.75, 3.05) is 51.1 Å². The van der Waals surface area contributed by atoms with E-state index in [-0.39, 0.29) is 43.7 Å². The maximum Gasteiger partial charge on any atom is 0.507 e. The van der Waals surface area contributed by atoms with Gasteiger partial charge in [-0.25, -0.2) is 4.79 Å². The van der Waals surface area contributed by atoms with Gasteiger partial charge in [-0.05, 0) is 25.7 Å². The van der Waals surface area contributed by atoms with Gasteiger partial charge in [-0.15, -0.1) is 0 Å². The van der Waals surface area contributed by atoms with Crippen LogP contribution in [-0.4, -0.2) is 146 Å². The lowest BCUT2D eigenvalue weighted by Crippen LogP contribution is -2.51. The first-order valence-electron chi connectivity index (χ1n) is 12.2. The zero-order valence-corrected chi connectivity index (χ0v) is 22.8. The first-order valence-corrected chi connectivity index (χ1v) is 13.3. The molecule has 3 atom stereocenters. The highest BCUT2D eigenvalue weighted by Crippen LogP contribution is 2.26. The molecule has 1 fully saturated rings. The molecule has 0 radical (unpaired) electrons. The summed E-state index contributed by atoms with van der Waals surface area (Å²) in [4.78, 5) is 72.5. The molecule has 16 nitrogen and oxygen atoms in total. The average molecular weight is 627 g/mol. The van der Waals surface area contributed by atoms with Crippen molar-refractivity contribution in [2.45, 2.75) is 50.4 Å². The van der Waals surface area contributed by atoms with Crippen LogP contribution in [0.1, 0.15) is 32.1 Å². The molecule has 0 aromatic carbocycles. The highest BCUT2D eigenvalue weighted by Gasteiger charge is 2.38. The summed E-state index contributed by atoms with van der Waals surface area (Å²) in [5.41, 5.74) is 0. The van der Waals surface area contributed by atoms with Gasteiger partial charge in [0.2, 0.25) is 5.91 Å². The summed E-state index contributed by atoms with van der Waals surface area (Å²) in [6.45, 7) is -1.47. The van der Waals surface area contributed by atoms with E-state index in [1.807, 2.05) is 0 Å². The number of nitrogens with one attached hydrogen (secondary N) is 1. The van der Waals surface area contributed by atoms with Crippen molar-refractivity contribution >= 4 is 51.9 Å². The molecule has 0 aromatic heterocycles. The fourth-order valence-electron chi connectivity index (χ4n) is 4.44. The Labute approximate surface area is 232 Å². The molecule has 222 valence electrons. The fourth-order valence-corrected chi connectivity index (χ4v) is 4.64. The molecule has 0 spiro atoms. The Bertz CT molecular complexity index is 876. The molecule has 0 saturated carbocycles. The molecular weight excluding hydrogens is 592 g/mol. The van der Waals surface area contributed by atoms with Gasteiger partial charge < -0.3 is 35.6 Å². The summed E-state index contributed by atoms with van der Waals surface area (Å²) >= 11 is 3.01. The zero-order chi connectivity index (χ0) is 29.5. The topological polar surface area (TPSA) is 235 Å². The molecule has 17 heteroatoms. The number of ether oxygens (including phenoxy) is 1. The summed E-state index contributed by atoms with van der Waals surface area (Å²) in [5, 5.41) is 49.5. The molecule has 1 rings (SSSR count). The number of halogens is 1. The predicted octanol–water partition coefficient (Wildman–Crippen LogP) is -0.536. The Morgan fingerprint density at radius 2 is 1.59 bits per heavy atom. The largest absolute Gasteiger partial charge is 0.507 e. The van der Waals surface area contributed by atoms with E-state index >= 15 is 0 Å². The van der Waals surface area contributed by atoms with Crippen LogP contribution in [0, 0.1) is 0 Å². The first kappa shape index (κ1) is 34.0.